The molecule has 2 aliphatic heterocycles. The van der Waals surface area contributed by atoms with E-state index in [0.717, 1.165) is 49.7 Å². The van der Waals surface area contributed by atoms with Crippen LogP contribution in [-0.2, 0) is 12.1 Å². The van der Waals surface area contributed by atoms with Gasteiger partial charge in [0.1, 0.15) is 30.6 Å². The zero-order valence-electron chi connectivity index (χ0n) is 25.9. The minimum absolute atomic E-state index is 0.0134. The maximum atomic E-state index is 12.8. The third-order valence-electron chi connectivity index (χ3n) is 8.68. The minimum atomic E-state index is -1.47. The van der Waals surface area contributed by atoms with E-state index in [0.29, 0.717) is 28.0 Å². The van der Waals surface area contributed by atoms with Crippen LogP contribution < -0.4 is 24.9 Å². The summed E-state index contributed by atoms with van der Waals surface area (Å²) in [4.78, 5) is 23.3. The van der Waals surface area contributed by atoms with Crippen LogP contribution in [0.3, 0.4) is 0 Å². The van der Waals surface area contributed by atoms with E-state index in [1.165, 1.54) is 12.7 Å². The summed E-state index contributed by atoms with van der Waals surface area (Å²) >= 11 is 12.6. The molecule has 0 spiro atoms. The summed E-state index contributed by atoms with van der Waals surface area (Å²) in [5.41, 5.74) is 5.36. The van der Waals surface area contributed by atoms with E-state index in [4.69, 9.17) is 27.9 Å². The quantitative estimate of drug-likeness (QED) is 0.220. The van der Waals surface area contributed by atoms with Gasteiger partial charge < -0.3 is 19.6 Å². The Labute approximate surface area is 278 Å². The number of hydrogen-bond acceptors (Lipinski definition) is 8. The van der Waals surface area contributed by atoms with Crippen molar-refractivity contribution in [3.63, 3.8) is 0 Å². The molecular weight excluding hydrogens is 627 g/mol. The fourth-order valence-electron chi connectivity index (χ4n) is 5.82. The summed E-state index contributed by atoms with van der Waals surface area (Å²) in [5.74, 6) is 0.628. The van der Waals surface area contributed by atoms with Gasteiger partial charge in [-0.05, 0) is 74.0 Å². The monoisotopic (exact) mass is 664 g/mol. The molecule has 6 rings (SSSR count). The average Bonchev–Trinajstić information content (AvgIpc) is 3.73. The number of carbonyl (C=O) groups is 1. The molecular formula is C33H38Cl2N8O3. The number of nitrogens with zero attached hydrogens (tertiary/aromatic N) is 7. The number of piperazine rings is 1. The molecule has 11 nitrogen and oxygen atoms in total. The van der Waals surface area contributed by atoms with Gasteiger partial charge in [-0.2, -0.15) is 5.10 Å². The number of halogens is 2. The summed E-state index contributed by atoms with van der Waals surface area (Å²) in [6.07, 6.45) is 3.84. The molecule has 3 heterocycles. The standard InChI is InChI=1S/C33H38Cl2N8O3/c1-3-24(2)43-32(44)42(23-38-43)28-7-5-26(6-8-28)39-14-16-40(17-15-39)27-9-11-29(12-10-27)46-20-33(45,19-41-22-36-21-37-41)30-13-4-25(34)18-31(30)35/h4-13,18,21-22,24,38,45H,3,14-17,19-20,23H2,1-2H3. The summed E-state index contributed by atoms with van der Waals surface area (Å²) in [5, 5.41) is 18.4. The number of nitrogens with one attached hydrogen (secondary N) is 1. The van der Waals surface area contributed by atoms with Crippen LogP contribution in [0.15, 0.2) is 79.4 Å². The number of hydrogen-bond donors (Lipinski definition) is 2. The van der Waals surface area contributed by atoms with Crippen molar-refractivity contribution in [1.82, 2.24) is 25.2 Å². The maximum Gasteiger partial charge on any atom is 0.340 e. The molecule has 2 unspecified atom stereocenters. The van der Waals surface area contributed by atoms with Crippen LogP contribution in [-0.4, -0.2) is 76.4 Å². The predicted octanol–water partition coefficient (Wildman–Crippen LogP) is 5.38. The second kappa shape index (κ2) is 13.8. The first-order valence-corrected chi connectivity index (χ1v) is 16.2. The Morgan fingerprint density at radius 1 is 0.957 bits per heavy atom. The first-order chi connectivity index (χ1) is 22.2. The largest absolute Gasteiger partial charge is 0.490 e. The molecule has 0 aliphatic carbocycles. The van der Waals surface area contributed by atoms with Gasteiger partial charge in [-0.3, -0.25) is 9.91 Å². The predicted molar refractivity (Wildman–Crippen MR) is 181 cm³/mol. The molecule has 2 N–H and O–H groups in total. The Morgan fingerprint density at radius 3 is 2.17 bits per heavy atom. The number of amides is 2. The number of carbonyl (C=O) groups excluding carboxylic acids is 1. The smallest absolute Gasteiger partial charge is 0.340 e. The molecule has 2 aliphatic rings. The zero-order valence-corrected chi connectivity index (χ0v) is 27.4. The normalized spacial score (nSPS) is 17.4. The average molecular weight is 666 g/mol. The van der Waals surface area contributed by atoms with Crippen molar-refractivity contribution in [1.29, 1.82) is 0 Å². The van der Waals surface area contributed by atoms with Gasteiger partial charge in [-0.25, -0.2) is 19.9 Å². The second-order valence-corrected chi connectivity index (χ2v) is 12.5. The minimum Gasteiger partial charge on any atom is -0.490 e. The van der Waals surface area contributed by atoms with Crippen LogP contribution >= 0.6 is 23.2 Å². The maximum absolute atomic E-state index is 12.8. The van der Waals surface area contributed by atoms with Gasteiger partial charge in [0.15, 0.2) is 0 Å². The Kier molecular flexibility index (Phi) is 9.55. The number of hydrazine groups is 1. The molecule has 4 aromatic rings. The van der Waals surface area contributed by atoms with Crippen LogP contribution in [0, 0.1) is 0 Å². The molecule has 2 amide bonds. The van der Waals surface area contributed by atoms with Gasteiger partial charge in [-0.1, -0.05) is 36.2 Å². The van der Waals surface area contributed by atoms with Crippen molar-refractivity contribution in [2.45, 2.75) is 38.5 Å². The number of urea groups is 1. The number of anilines is 3. The molecule has 3 aromatic carbocycles. The molecule has 1 aromatic heterocycles. The third-order valence-corrected chi connectivity index (χ3v) is 9.22. The summed E-state index contributed by atoms with van der Waals surface area (Å²) in [6, 6.07) is 21.3. The summed E-state index contributed by atoms with van der Waals surface area (Å²) < 4.78 is 7.63. The third kappa shape index (κ3) is 6.87. The first kappa shape index (κ1) is 31.9. The van der Waals surface area contributed by atoms with E-state index >= 15 is 0 Å². The molecule has 13 heteroatoms. The van der Waals surface area contributed by atoms with Crippen molar-refractivity contribution in [3.05, 3.63) is 95.0 Å². The highest BCUT2D eigenvalue weighted by Gasteiger charge is 2.34. The van der Waals surface area contributed by atoms with Gasteiger partial charge in [0.25, 0.3) is 0 Å². The van der Waals surface area contributed by atoms with Crippen LogP contribution in [0.1, 0.15) is 25.8 Å². The van der Waals surface area contributed by atoms with E-state index in [2.05, 4.69) is 44.4 Å². The summed E-state index contributed by atoms with van der Waals surface area (Å²) in [7, 11) is 0. The van der Waals surface area contributed by atoms with Crippen molar-refractivity contribution in [3.8, 4) is 5.75 Å². The fraction of sp³-hybridized carbons (Fsp3) is 0.364. The molecule has 242 valence electrons. The fourth-order valence-corrected chi connectivity index (χ4v) is 6.41. The molecule has 0 bridgehead atoms. The van der Waals surface area contributed by atoms with Gasteiger partial charge in [0.2, 0.25) is 0 Å². The highest BCUT2D eigenvalue weighted by Crippen LogP contribution is 2.33. The van der Waals surface area contributed by atoms with E-state index in [1.54, 1.807) is 32.8 Å². The molecule has 2 atom stereocenters. The van der Waals surface area contributed by atoms with E-state index in [-0.39, 0.29) is 25.2 Å². The van der Waals surface area contributed by atoms with Crippen molar-refractivity contribution >= 4 is 46.3 Å². The molecule has 0 saturated carbocycles. The van der Waals surface area contributed by atoms with Crippen molar-refractivity contribution < 1.29 is 14.6 Å². The van der Waals surface area contributed by atoms with Gasteiger partial charge >= 0.3 is 6.03 Å². The van der Waals surface area contributed by atoms with E-state index < -0.39 is 5.60 Å². The van der Waals surface area contributed by atoms with Gasteiger partial charge in [-0.15, -0.1) is 0 Å². The lowest BCUT2D eigenvalue weighted by atomic mass is 9.94. The molecule has 2 saturated heterocycles. The van der Waals surface area contributed by atoms with Gasteiger partial charge in [0.05, 0.1) is 13.2 Å². The lowest BCUT2D eigenvalue weighted by Gasteiger charge is -2.37. The lowest BCUT2D eigenvalue weighted by Crippen LogP contribution is -2.46. The Hall–Kier alpha value is -4.03. The number of aliphatic hydroxyl groups is 1. The highest BCUT2D eigenvalue weighted by molar-refractivity contribution is 6.35. The number of benzene rings is 3. The van der Waals surface area contributed by atoms with Crippen LogP contribution in [0.25, 0.3) is 0 Å². The lowest BCUT2D eigenvalue weighted by molar-refractivity contribution is -0.0269. The van der Waals surface area contributed by atoms with Crippen LogP contribution in [0.2, 0.25) is 10.0 Å². The molecule has 46 heavy (non-hydrogen) atoms. The zero-order chi connectivity index (χ0) is 32.3. The van der Waals surface area contributed by atoms with Crippen molar-refractivity contribution in [2.75, 3.05) is 54.2 Å². The number of rotatable bonds is 11. The van der Waals surface area contributed by atoms with E-state index in [9.17, 15) is 9.90 Å². The SMILES string of the molecule is CCC(C)N1NCN(c2ccc(N3CCN(c4ccc(OCC(O)(Cn5cncn5)c5ccc(Cl)cc5Cl)cc4)CC3)cc2)C1=O. The second-order valence-electron chi connectivity index (χ2n) is 11.7. The Morgan fingerprint density at radius 2 is 1.59 bits per heavy atom. The van der Waals surface area contributed by atoms with Crippen LogP contribution in [0.4, 0.5) is 21.9 Å². The first-order valence-electron chi connectivity index (χ1n) is 15.4. The molecule has 0 radical (unpaired) electrons. The van der Waals surface area contributed by atoms with Crippen LogP contribution in [0.5, 0.6) is 5.75 Å². The highest BCUT2D eigenvalue weighted by atomic mass is 35.5. The Bertz CT molecular complexity index is 1620. The molecule has 2 fully saturated rings. The van der Waals surface area contributed by atoms with E-state index in [1.807, 2.05) is 43.3 Å². The number of aromatic nitrogens is 3. The topological polar surface area (TPSA) is 102 Å². The van der Waals surface area contributed by atoms with Gasteiger partial charge in [0, 0.05) is 64.9 Å². The summed E-state index contributed by atoms with van der Waals surface area (Å²) in [6.45, 7) is 8.14. The number of ether oxygens (including phenoxy) is 1. The Balaban J connectivity index is 1.04. The van der Waals surface area contributed by atoms with Crippen molar-refractivity contribution in [2.24, 2.45) is 0 Å².